The fourth-order valence-corrected chi connectivity index (χ4v) is 2.89. The summed E-state index contributed by atoms with van der Waals surface area (Å²) in [5.74, 6) is 0.755. The third kappa shape index (κ3) is 1.48. The number of hydrogen-bond donors (Lipinski definition) is 1. The van der Waals surface area contributed by atoms with E-state index in [9.17, 15) is 0 Å². The van der Waals surface area contributed by atoms with E-state index < -0.39 is 0 Å². The highest BCUT2D eigenvalue weighted by atomic mass is 79.9. The van der Waals surface area contributed by atoms with Gasteiger partial charge < -0.3 is 10.5 Å². The number of fused-ring (bicyclic) bond motifs is 1. The minimum atomic E-state index is 0.631. The zero-order valence-corrected chi connectivity index (χ0v) is 10.1. The molecule has 2 nitrogen and oxygen atoms in total. The first-order valence-electron chi connectivity index (χ1n) is 4.32. The minimum Gasteiger partial charge on any atom is -0.492 e. The Morgan fingerprint density at radius 3 is 3.07 bits per heavy atom. The Balaban J connectivity index is 2.68. The molecule has 0 saturated heterocycles. The number of ether oxygens (including phenoxy) is 1. The van der Waals surface area contributed by atoms with Gasteiger partial charge in [-0.15, -0.1) is 11.3 Å². The van der Waals surface area contributed by atoms with Gasteiger partial charge in [0.1, 0.15) is 5.75 Å². The second-order valence-corrected chi connectivity index (χ2v) is 4.64. The van der Waals surface area contributed by atoms with Crippen LogP contribution in [0.1, 0.15) is 6.92 Å². The van der Waals surface area contributed by atoms with Crippen molar-refractivity contribution in [2.45, 2.75) is 6.92 Å². The molecule has 0 radical (unpaired) electrons. The minimum absolute atomic E-state index is 0.631. The van der Waals surface area contributed by atoms with Gasteiger partial charge in [-0.05, 0) is 40.4 Å². The van der Waals surface area contributed by atoms with Gasteiger partial charge in [0.25, 0.3) is 0 Å². The van der Waals surface area contributed by atoms with Crippen LogP contribution in [-0.4, -0.2) is 6.61 Å². The predicted molar refractivity (Wildman–Crippen MR) is 65.1 cm³/mol. The Morgan fingerprint density at radius 1 is 1.57 bits per heavy atom. The van der Waals surface area contributed by atoms with Crippen LogP contribution in [0.25, 0.3) is 10.1 Å². The van der Waals surface area contributed by atoms with E-state index in [0.717, 1.165) is 21.3 Å². The molecule has 1 heterocycles. The van der Waals surface area contributed by atoms with E-state index >= 15 is 0 Å². The highest BCUT2D eigenvalue weighted by Crippen LogP contribution is 2.39. The molecular weight excluding hydrogens is 262 g/mol. The lowest BCUT2D eigenvalue weighted by molar-refractivity contribution is 0.342. The van der Waals surface area contributed by atoms with Gasteiger partial charge in [0, 0.05) is 9.86 Å². The lowest BCUT2D eigenvalue weighted by Crippen LogP contribution is -1.97. The standard InChI is InChI=1S/C10H10BrNOS/c1-2-13-8-5-7(11)10-6(9(8)12)3-4-14-10/h3-5H,2,12H2,1H3. The van der Waals surface area contributed by atoms with Crippen LogP contribution in [0.3, 0.4) is 0 Å². The van der Waals surface area contributed by atoms with E-state index in [1.54, 1.807) is 11.3 Å². The van der Waals surface area contributed by atoms with Gasteiger partial charge in [0.2, 0.25) is 0 Å². The number of nitrogens with two attached hydrogens (primary N) is 1. The fraction of sp³-hybridized carbons (Fsp3) is 0.200. The van der Waals surface area contributed by atoms with Crippen molar-refractivity contribution in [3.63, 3.8) is 0 Å². The molecule has 14 heavy (non-hydrogen) atoms. The Bertz CT molecular complexity index is 466. The molecule has 0 spiro atoms. The molecule has 0 saturated carbocycles. The Hall–Kier alpha value is -0.740. The van der Waals surface area contributed by atoms with E-state index in [2.05, 4.69) is 15.9 Å². The average molecular weight is 272 g/mol. The largest absolute Gasteiger partial charge is 0.492 e. The summed E-state index contributed by atoms with van der Waals surface area (Å²) >= 11 is 5.18. The number of anilines is 1. The third-order valence-electron chi connectivity index (χ3n) is 2.00. The van der Waals surface area contributed by atoms with Crippen molar-refractivity contribution in [1.29, 1.82) is 0 Å². The van der Waals surface area contributed by atoms with E-state index in [-0.39, 0.29) is 0 Å². The van der Waals surface area contributed by atoms with Crippen LogP contribution < -0.4 is 10.5 Å². The first-order chi connectivity index (χ1) is 6.74. The molecule has 74 valence electrons. The van der Waals surface area contributed by atoms with Crippen molar-refractivity contribution < 1.29 is 4.74 Å². The topological polar surface area (TPSA) is 35.2 Å². The molecule has 0 aliphatic heterocycles. The maximum absolute atomic E-state index is 5.98. The van der Waals surface area contributed by atoms with Crippen molar-refractivity contribution in [3.8, 4) is 5.75 Å². The first kappa shape index (κ1) is 9.80. The van der Waals surface area contributed by atoms with Crippen LogP contribution in [0.4, 0.5) is 5.69 Å². The van der Waals surface area contributed by atoms with Crippen LogP contribution in [-0.2, 0) is 0 Å². The van der Waals surface area contributed by atoms with Gasteiger partial charge in [-0.3, -0.25) is 0 Å². The maximum Gasteiger partial charge on any atom is 0.144 e. The van der Waals surface area contributed by atoms with Crippen LogP contribution in [0.15, 0.2) is 22.0 Å². The highest BCUT2D eigenvalue weighted by molar-refractivity contribution is 9.10. The second kappa shape index (κ2) is 3.79. The van der Waals surface area contributed by atoms with E-state index in [4.69, 9.17) is 10.5 Å². The molecular formula is C10H10BrNOS. The fourth-order valence-electron chi connectivity index (χ4n) is 1.37. The van der Waals surface area contributed by atoms with Gasteiger partial charge in [0.05, 0.1) is 17.0 Å². The molecule has 0 aliphatic carbocycles. The molecule has 1 aromatic heterocycles. The lowest BCUT2D eigenvalue weighted by atomic mass is 10.2. The smallest absolute Gasteiger partial charge is 0.144 e. The molecule has 1 aromatic carbocycles. The molecule has 2 N–H and O–H groups in total. The molecule has 0 fully saturated rings. The first-order valence-corrected chi connectivity index (χ1v) is 5.99. The summed E-state index contributed by atoms with van der Waals surface area (Å²) in [4.78, 5) is 0. The summed E-state index contributed by atoms with van der Waals surface area (Å²) in [6.07, 6.45) is 0. The highest BCUT2D eigenvalue weighted by Gasteiger charge is 2.09. The van der Waals surface area contributed by atoms with Crippen molar-refractivity contribution in [1.82, 2.24) is 0 Å². The molecule has 2 aromatic rings. The molecule has 0 aliphatic rings. The molecule has 2 rings (SSSR count). The van der Waals surface area contributed by atoms with Crippen LogP contribution in [0.5, 0.6) is 5.75 Å². The van der Waals surface area contributed by atoms with Gasteiger partial charge in [-0.2, -0.15) is 0 Å². The quantitative estimate of drug-likeness (QED) is 0.847. The van der Waals surface area contributed by atoms with Crippen molar-refractivity contribution in [3.05, 3.63) is 22.0 Å². The predicted octanol–water partition coefficient (Wildman–Crippen LogP) is 3.64. The summed E-state index contributed by atoms with van der Waals surface area (Å²) < 4.78 is 7.66. The van der Waals surface area contributed by atoms with Crippen LogP contribution >= 0.6 is 27.3 Å². The molecule has 0 bridgehead atoms. The Morgan fingerprint density at radius 2 is 2.36 bits per heavy atom. The summed E-state index contributed by atoms with van der Waals surface area (Å²) in [6.45, 7) is 2.58. The molecule has 0 unspecified atom stereocenters. The van der Waals surface area contributed by atoms with Crippen molar-refractivity contribution in [2.75, 3.05) is 12.3 Å². The number of halogens is 1. The summed E-state index contributed by atoms with van der Waals surface area (Å²) in [7, 11) is 0. The SMILES string of the molecule is CCOc1cc(Br)c2sccc2c1N. The molecule has 4 heteroatoms. The van der Waals surface area contributed by atoms with Crippen molar-refractivity contribution >= 4 is 43.0 Å². The third-order valence-corrected chi connectivity index (χ3v) is 3.83. The zero-order valence-electron chi connectivity index (χ0n) is 7.71. The number of rotatable bonds is 2. The zero-order chi connectivity index (χ0) is 10.1. The summed E-state index contributed by atoms with van der Waals surface area (Å²) in [5, 5.41) is 3.09. The van der Waals surface area contributed by atoms with Gasteiger partial charge >= 0.3 is 0 Å². The number of hydrogen-bond acceptors (Lipinski definition) is 3. The molecule has 0 atom stereocenters. The number of thiophene rings is 1. The molecule has 0 amide bonds. The number of benzene rings is 1. The second-order valence-electron chi connectivity index (χ2n) is 2.87. The maximum atomic E-state index is 5.98. The normalized spacial score (nSPS) is 10.7. The van der Waals surface area contributed by atoms with Gasteiger partial charge in [-0.1, -0.05) is 0 Å². The summed E-state index contributed by atoms with van der Waals surface area (Å²) in [5.41, 5.74) is 6.71. The van der Waals surface area contributed by atoms with Crippen LogP contribution in [0.2, 0.25) is 0 Å². The monoisotopic (exact) mass is 271 g/mol. The Labute approximate surface area is 94.8 Å². The van der Waals surface area contributed by atoms with E-state index in [1.165, 1.54) is 4.70 Å². The van der Waals surface area contributed by atoms with E-state index in [0.29, 0.717) is 6.61 Å². The van der Waals surface area contributed by atoms with Gasteiger partial charge in [-0.25, -0.2) is 0 Å². The van der Waals surface area contributed by atoms with Crippen LogP contribution in [0, 0.1) is 0 Å². The summed E-state index contributed by atoms with van der Waals surface area (Å²) in [6, 6.07) is 3.94. The lowest BCUT2D eigenvalue weighted by Gasteiger charge is -2.08. The van der Waals surface area contributed by atoms with E-state index in [1.807, 2.05) is 24.4 Å². The number of nitrogen functional groups attached to an aromatic ring is 1. The van der Waals surface area contributed by atoms with Gasteiger partial charge in [0.15, 0.2) is 0 Å². The Kier molecular flexibility index (Phi) is 2.65. The van der Waals surface area contributed by atoms with Crippen molar-refractivity contribution in [2.24, 2.45) is 0 Å². The average Bonchev–Trinajstić information content (AvgIpc) is 2.63.